The Kier molecular flexibility index (Phi) is 6.41. The van der Waals surface area contributed by atoms with Crippen LogP contribution >= 0.6 is 11.6 Å². The van der Waals surface area contributed by atoms with E-state index in [1.165, 1.54) is 4.90 Å². The van der Waals surface area contributed by atoms with Crippen molar-refractivity contribution in [3.05, 3.63) is 64.7 Å². The normalized spacial score (nSPS) is 15.6. The highest BCUT2D eigenvalue weighted by molar-refractivity contribution is 7.91. The predicted molar refractivity (Wildman–Crippen MR) is 111 cm³/mol. The Morgan fingerprint density at radius 3 is 2.17 bits per heavy atom. The lowest BCUT2D eigenvalue weighted by atomic mass is 10.1. The lowest BCUT2D eigenvalue weighted by molar-refractivity contribution is 0.0953. The molecule has 0 saturated carbocycles. The first-order valence-electron chi connectivity index (χ1n) is 8.91. The smallest absolute Gasteiger partial charge is 0.322 e. The lowest BCUT2D eigenvalue weighted by Crippen LogP contribution is -2.49. The van der Waals surface area contributed by atoms with Gasteiger partial charge in [0.25, 0.3) is 5.91 Å². The number of nitrogen functional groups attached to an aromatic ring is 1. The van der Waals surface area contributed by atoms with E-state index in [1.54, 1.807) is 53.4 Å². The summed E-state index contributed by atoms with van der Waals surface area (Å²) in [6.07, 6.45) is 0. The largest absolute Gasteiger partial charge is 0.324 e. The number of anilines is 1. The second-order valence-corrected chi connectivity index (χ2v) is 9.39. The third kappa shape index (κ3) is 5.26. The van der Waals surface area contributed by atoms with Gasteiger partial charge in [0.1, 0.15) is 0 Å². The summed E-state index contributed by atoms with van der Waals surface area (Å²) in [5.41, 5.74) is 3.91. The number of urea groups is 1. The molecule has 2 aromatic carbocycles. The van der Waals surface area contributed by atoms with Crippen LogP contribution in [-0.4, -0.2) is 49.9 Å². The Balaban J connectivity index is 1.84. The number of carbonyl (C=O) groups excluding carboxylic acids is 2. The van der Waals surface area contributed by atoms with Crippen molar-refractivity contribution in [1.29, 1.82) is 0 Å². The van der Waals surface area contributed by atoms with Gasteiger partial charge in [-0.1, -0.05) is 23.7 Å². The molecule has 8 nitrogen and oxygen atoms in total. The zero-order valence-electron chi connectivity index (χ0n) is 15.5. The molecule has 1 aliphatic heterocycles. The Hall–Kier alpha value is -2.62. The summed E-state index contributed by atoms with van der Waals surface area (Å²) >= 11 is 5.97. The first kappa shape index (κ1) is 21.1. The van der Waals surface area contributed by atoms with Crippen molar-refractivity contribution in [3.8, 4) is 0 Å². The van der Waals surface area contributed by atoms with Gasteiger partial charge in [-0.05, 0) is 42.0 Å². The molecule has 3 N–H and O–H groups in total. The maximum atomic E-state index is 13.2. The van der Waals surface area contributed by atoms with Crippen LogP contribution in [0.2, 0.25) is 5.02 Å². The van der Waals surface area contributed by atoms with Crippen LogP contribution in [0.3, 0.4) is 0 Å². The van der Waals surface area contributed by atoms with E-state index in [0.717, 1.165) is 5.56 Å². The SMILES string of the molecule is NNC(=O)c1ccc(CN(C(=O)N2CCS(=O)(=O)CC2)c2ccc(Cl)cc2)cc1. The summed E-state index contributed by atoms with van der Waals surface area (Å²) in [6.45, 7) is 0.552. The van der Waals surface area contributed by atoms with E-state index in [9.17, 15) is 18.0 Å². The topological polar surface area (TPSA) is 113 Å². The minimum absolute atomic E-state index is 0.0455. The maximum absolute atomic E-state index is 13.2. The van der Waals surface area contributed by atoms with Gasteiger partial charge in [0.05, 0.1) is 18.1 Å². The fourth-order valence-corrected chi connectivity index (χ4v) is 4.32. The minimum Gasteiger partial charge on any atom is -0.322 e. The second-order valence-electron chi connectivity index (χ2n) is 6.65. The van der Waals surface area contributed by atoms with Gasteiger partial charge in [0.15, 0.2) is 9.84 Å². The lowest BCUT2D eigenvalue weighted by Gasteiger charge is -2.33. The van der Waals surface area contributed by atoms with Gasteiger partial charge in [-0.2, -0.15) is 0 Å². The van der Waals surface area contributed by atoms with Crippen LogP contribution < -0.4 is 16.2 Å². The number of benzene rings is 2. The summed E-state index contributed by atoms with van der Waals surface area (Å²) in [5, 5.41) is 0.544. The Morgan fingerprint density at radius 1 is 1.03 bits per heavy atom. The van der Waals surface area contributed by atoms with Gasteiger partial charge < -0.3 is 4.90 Å². The molecular weight excluding hydrogens is 416 g/mol. The number of rotatable bonds is 4. The monoisotopic (exact) mass is 436 g/mol. The molecule has 10 heteroatoms. The second kappa shape index (κ2) is 8.81. The van der Waals surface area contributed by atoms with Crippen LogP contribution in [0.5, 0.6) is 0 Å². The fraction of sp³-hybridized carbons (Fsp3) is 0.263. The minimum atomic E-state index is -3.10. The molecule has 0 atom stereocenters. The number of amides is 3. The average Bonchev–Trinajstić information content (AvgIpc) is 2.72. The van der Waals surface area contributed by atoms with E-state index in [0.29, 0.717) is 16.3 Å². The number of nitrogens with one attached hydrogen (secondary N) is 1. The highest BCUT2D eigenvalue weighted by Gasteiger charge is 2.29. The van der Waals surface area contributed by atoms with Crippen LogP contribution in [0.1, 0.15) is 15.9 Å². The summed E-state index contributed by atoms with van der Waals surface area (Å²) in [5.74, 6) is 4.64. The van der Waals surface area contributed by atoms with E-state index >= 15 is 0 Å². The van der Waals surface area contributed by atoms with Crippen molar-refractivity contribution >= 4 is 39.1 Å². The maximum Gasteiger partial charge on any atom is 0.324 e. The van der Waals surface area contributed by atoms with E-state index in [2.05, 4.69) is 5.43 Å². The van der Waals surface area contributed by atoms with E-state index in [4.69, 9.17) is 17.4 Å². The number of hydrogen-bond acceptors (Lipinski definition) is 5. The highest BCUT2D eigenvalue weighted by atomic mass is 35.5. The van der Waals surface area contributed by atoms with Crippen LogP contribution in [0, 0.1) is 0 Å². The molecule has 3 rings (SSSR count). The first-order chi connectivity index (χ1) is 13.8. The van der Waals surface area contributed by atoms with Crippen LogP contribution in [0.4, 0.5) is 10.5 Å². The van der Waals surface area contributed by atoms with Gasteiger partial charge in [0, 0.05) is 29.4 Å². The molecule has 0 radical (unpaired) electrons. The van der Waals surface area contributed by atoms with E-state index < -0.39 is 15.7 Å². The predicted octanol–water partition coefficient (Wildman–Crippen LogP) is 1.80. The average molecular weight is 437 g/mol. The zero-order valence-corrected chi connectivity index (χ0v) is 17.1. The van der Waals surface area contributed by atoms with Crippen molar-refractivity contribution in [2.24, 2.45) is 5.84 Å². The molecule has 1 fully saturated rings. The summed E-state index contributed by atoms with van der Waals surface area (Å²) in [4.78, 5) is 27.9. The van der Waals surface area contributed by atoms with Gasteiger partial charge in [0.2, 0.25) is 0 Å². The fourth-order valence-electron chi connectivity index (χ4n) is 2.99. The Bertz CT molecular complexity index is 980. The van der Waals surface area contributed by atoms with Crippen LogP contribution in [-0.2, 0) is 16.4 Å². The molecule has 1 saturated heterocycles. The number of nitrogens with zero attached hydrogens (tertiary/aromatic N) is 2. The number of sulfone groups is 1. The number of halogens is 1. The van der Waals surface area contributed by atoms with Crippen molar-refractivity contribution in [2.45, 2.75) is 6.54 Å². The molecule has 0 aliphatic carbocycles. The Morgan fingerprint density at radius 2 is 1.62 bits per heavy atom. The molecule has 2 aromatic rings. The third-order valence-corrected chi connectivity index (χ3v) is 6.53. The van der Waals surface area contributed by atoms with Crippen molar-refractivity contribution in [1.82, 2.24) is 10.3 Å². The molecule has 0 spiro atoms. The van der Waals surface area contributed by atoms with Crippen molar-refractivity contribution in [2.75, 3.05) is 29.5 Å². The summed E-state index contributed by atoms with van der Waals surface area (Å²) < 4.78 is 23.4. The van der Waals surface area contributed by atoms with Crippen molar-refractivity contribution in [3.63, 3.8) is 0 Å². The number of carbonyl (C=O) groups is 2. The quantitative estimate of drug-likeness (QED) is 0.431. The molecule has 0 aromatic heterocycles. The zero-order chi connectivity index (χ0) is 21.0. The number of nitrogens with two attached hydrogens (primary N) is 1. The molecule has 1 heterocycles. The van der Waals surface area contributed by atoms with Crippen molar-refractivity contribution < 1.29 is 18.0 Å². The van der Waals surface area contributed by atoms with E-state index in [-0.39, 0.29) is 37.2 Å². The molecular formula is C19H21ClN4O4S. The van der Waals surface area contributed by atoms with Crippen LogP contribution in [0.15, 0.2) is 48.5 Å². The molecule has 0 bridgehead atoms. The van der Waals surface area contributed by atoms with Gasteiger partial charge in [-0.25, -0.2) is 19.1 Å². The molecule has 154 valence electrons. The van der Waals surface area contributed by atoms with Gasteiger partial charge in [-0.15, -0.1) is 0 Å². The standard InChI is InChI=1S/C19H21ClN4O4S/c20-16-5-7-17(8-6-16)24(19(26)23-9-11-29(27,28)12-10-23)13-14-1-3-15(4-2-14)18(25)22-21/h1-8H,9-13,21H2,(H,22,25). The van der Waals surface area contributed by atoms with Crippen LogP contribution in [0.25, 0.3) is 0 Å². The molecule has 29 heavy (non-hydrogen) atoms. The number of hydrazine groups is 1. The Labute approximate surface area is 174 Å². The van der Waals surface area contributed by atoms with Gasteiger partial charge >= 0.3 is 6.03 Å². The summed E-state index contributed by atoms with van der Waals surface area (Å²) in [6, 6.07) is 13.3. The molecule has 1 aliphatic rings. The summed E-state index contributed by atoms with van der Waals surface area (Å²) in [7, 11) is -3.10. The van der Waals surface area contributed by atoms with E-state index in [1.807, 2.05) is 0 Å². The third-order valence-electron chi connectivity index (χ3n) is 4.67. The highest BCUT2D eigenvalue weighted by Crippen LogP contribution is 2.23. The van der Waals surface area contributed by atoms with Gasteiger partial charge in [-0.3, -0.25) is 15.1 Å². The number of hydrogen-bond donors (Lipinski definition) is 2. The first-order valence-corrected chi connectivity index (χ1v) is 11.1. The molecule has 3 amide bonds. The molecule has 0 unspecified atom stereocenters.